The van der Waals surface area contributed by atoms with Crippen LogP contribution in [0, 0.1) is 0 Å². The topological polar surface area (TPSA) is 43.1 Å². The van der Waals surface area contributed by atoms with E-state index in [0.717, 1.165) is 28.8 Å². The zero-order valence-electron chi connectivity index (χ0n) is 10.9. The van der Waals surface area contributed by atoms with E-state index >= 15 is 0 Å². The molecule has 0 atom stereocenters. The van der Waals surface area contributed by atoms with Crippen LogP contribution in [0.4, 0.5) is 8.78 Å². The maximum atomic E-state index is 13.0. The quantitative estimate of drug-likeness (QED) is 0.726. The molecule has 3 heterocycles. The zero-order valence-corrected chi connectivity index (χ0v) is 10.9. The lowest BCUT2D eigenvalue weighted by Crippen LogP contribution is -1.96. The normalized spacial score (nSPS) is 13.8. The fourth-order valence-corrected chi connectivity index (χ4v) is 2.64. The van der Waals surface area contributed by atoms with Gasteiger partial charge in [-0.25, -0.2) is 23.7 Å². The predicted octanol–water partition coefficient (Wildman–Crippen LogP) is 3.30. The van der Waals surface area contributed by atoms with Gasteiger partial charge in [-0.3, -0.25) is 4.40 Å². The summed E-state index contributed by atoms with van der Waals surface area (Å²) in [6, 6.07) is 3.62. The monoisotopic (exact) mass is 286 g/mol. The second-order valence-corrected chi connectivity index (χ2v) is 4.83. The van der Waals surface area contributed by atoms with Gasteiger partial charge < -0.3 is 0 Å². The van der Waals surface area contributed by atoms with E-state index in [1.165, 1.54) is 16.9 Å². The summed E-state index contributed by atoms with van der Waals surface area (Å²) in [5, 5.41) is 0. The number of halogens is 2. The molecule has 0 radical (unpaired) electrons. The molecule has 1 aliphatic rings. The Morgan fingerprint density at radius 2 is 2.10 bits per heavy atom. The maximum absolute atomic E-state index is 13.0. The third-order valence-corrected chi connectivity index (χ3v) is 3.65. The Bertz CT molecular complexity index is 873. The van der Waals surface area contributed by atoms with E-state index in [0.29, 0.717) is 5.65 Å². The average Bonchev–Trinajstić information content (AvgIpc) is 3.10. The fraction of sp³-hybridized carbons (Fsp3) is 0.133. The first-order valence-electron chi connectivity index (χ1n) is 6.49. The molecule has 3 aromatic rings. The van der Waals surface area contributed by atoms with E-state index in [1.807, 2.05) is 12.1 Å². The number of hydrogen-bond acceptors (Lipinski definition) is 3. The molecular weight excluding hydrogens is 274 g/mol. The van der Waals surface area contributed by atoms with Crippen LogP contribution < -0.4 is 0 Å². The number of fused-ring (bicyclic) bond motifs is 2. The molecule has 4 nitrogen and oxygen atoms in total. The molecule has 0 aliphatic heterocycles. The number of allylic oxidation sites excluding steroid dienone is 1. The number of alkyl halides is 2. The molecule has 0 N–H and O–H groups in total. The Kier molecular flexibility index (Phi) is 2.57. The maximum Gasteiger partial charge on any atom is 0.280 e. The van der Waals surface area contributed by atoms with Crippen LogP contribution in [-0.2, 0) is 6.42 Å². The van der Waals surface area contributed by atoms with Gasteiger partial charge in [0.05, 0.1) is 11.9 Å². The Hall–Kier alpha value is -2.63. The third-order valence-electron chi connectivity index (χ3n) is 3.65. The van der Waals surface area contributed by atoms with Crippen LogP contribution in [0.3, 0.4) is 0 Å². The second kappa shape index (κ2) is 4.44. The highest BCUT2D eigenvalue weighted by Gasteiger charge is 2.19. The molecule has 0 saturated carbocycles. The van der Waals surface area contributed by atoms with Crippen LogP contribution in [-0.4, -0.2) is 19.4 Å². The van der Waals surface area contributed by atoms with E-state index in [9.17, 15) is 8.78 Å². The minimum Gasteiger partial charge on any atom is -0.298 e. The molecule has 0 amide bonds. The van der Waals surface area contributed by atoms with Crippen molar-refractivity contribution in [3.63, 3.8) is 0 Å². The van der Waals surface area contributed by atoms with Gasteiger partial charge in [0.1, 0.15) is 17.7 Å². The number of pyridine rings is 1. The number of hydrogen-bond donors (Lipinski definition) is 0. The molecular formula is C15H12F2N4. The van der Waals surface area contributed by atoms with Crippen LogP contribution in [0.5, 0.6) is 0 Å². The first-order valence-corrected chi connectivity index (χ1v) is 6.49. The van der Waals surface area contributed by atoms with Gasteiger partial charge in [0, 0.05) is 25.8 Å². The zero-order chi connectivity index (χ0) is 14.4. The molecule has 0 aromatic carbocycles. The van der Waals surface area contributed by atoms with Crippen LogP contribution >= 0.6 is 0 Å². The first-order chi connectivity index (χ1) is 10.2. The molecule has 0 fully saturated rings. The highest BCUT2D eigenvalue weighted by Crippen LogP contribution is 2.31. The summed E-state index contributed by atoms with van der Waals surface area (Å²) in [5.74, 6) is 0. The standard InChI is InChI=1S/C15H10F2N4.H2/c16-15(17)13-6-19-14-4-1-9(7-21(13)14)10-2-3-12-11(10)5-18-8-20-12;/h1-2,4-8,15H,3H2;1H. The highest BCUT2D eigenvalue weighted by atomic mass is 19.3. The summed E-state index contributed by atoms with van der Waals surface area (Å²) < 4.78 is 27.4. The molecule has 0 unspecified atom stereocenters. The number of imidazole rings is 1. The molecule has 6 heteroatoms. The van der Waals surface area contributed by atoms with Gasteiger partial charge in [-0.15, -0.1) is 0 Å². The summed E-state index contributed by atoms with van der Waals surface area (Å²) >= 11 is 0. The van der Waals surface area contributed by atoms with Crippen molar-refractivity contribution in [2.24, 2.45) is 0 Å². The smallest absolute Gasteiger partial charge is 0.280 e. The minimum atomic E-state index is -2.55. The van der Waals surface area contributed by atoms with Crippen LogP contribution in [0.2, 0.25) is 0 Å². The lowest BCUT2D eigenvalue weighted by molar-refractivity contribution is 0.145. The first kappa shape index (κ1) is 12.1. The van der Waals surface area contributed by atoms with E-state index in [2.05, 4.69) is 15.0 Å². The van der Waals surface area contributed by atoms with E-state index in [-0.39, 0.29) is 7.12 Å². The Morgan fingerprint density at radius 1 is 1.19 bits per heavy atom. The molecule has 3 aromatic heterocycles. The molecule has 0 saturated heterocycles. The highest BCUT2D eigenvalue weighted by molar-refractivity contribution is 5.83. The Balaban J connectivity index is 0.00000144. The summed E-state index contributed by atoms with van der Waals surface area (Å²) in [5.41, 5.74) is 4.15. The van der Waals surface area contributed by atoms with E-state index in [1.54, 1.807) is 18.5 Å². The summed E-state index contributed by atoms with van der Waals surface area (Å²) in [6.45, 7) is 0. The largest absolute Gasteiger partial charge is 0.298 e. The minimum absolute atomic E-state index is 0. The van der Waals surface area contributed by atoms with E-state index < -0.39 is 6.43 Å². The van der Waals surface area contributed by atoms with Crippen molar-refractivity contribution in [2.75, 3.05) is 0 Å². The Labute approximate surface area is 120 Å². The van der Waals surface area contributed by atoms with Crippen LogP contribution in [0.25, 0.3) is 11.2 Å². The van der Waals surface area contributed by atoms with Crippen molar-refractivity contribution < 1.29 is 10.2 Å². The predicted molar refractivity (Wildman–Crippen MR) is 75.1 cm³/mol. The number of aromatic nitrogens is 4. The van der Waals surface area contributed by atoms with Gasteiger partial charge >= 0.3 is 0 Å². The third kappa shape index (κ3) is 1.83. The SMILES string of the molecule is FC(F)c1cnc2ccc(C3=CCc4ncncc43)cn12.[HH]. The van der Waals surface area contributed by atoms with Crippen LogP contribution in [0.15, 0.2) is 43.1 Å². The van der Waals surface area contributed by atoms with Crippen molar-refractivity contribution in [3.05, 3.63) is 65.6 Å². The van der Waals surface area contributed by atoms with Gasteiger partial charge in [0.15, 0.2) is 0 Å². The van der Waals surface area contributed by atoms with Gasteiger partial charge in [0.25, 0.3) is 6.43 Å². The number of nitrogens with zero attached hydrogens (tertiary/aromatic N) is 4. The summed E-state index contributed by atoms with van der Waals surface area (Å²) in [7, 11) is 0. The Morgan fingerprint density at radius 3 is 2.95 bits per heavy atom. The number of rotatable bonds is 2. The molecule has 1 aliphatic carbocycles. The van der Waals surface area contributed by atoms with Crippen molar-refractivity contribution in [3.8, 4) is 0 Å². The lowest BCUT2D eigenvalue weighted by Gasteiger charge is -2.07. The van der Waals surface area contributed by atoms with Crippen molar-refractivity contribution in [2.45, 2.75) is 12.8 Å². The molecule has 21 heavy (non-hydrogen) atoms. The molecule has 4 rings (SSSR count). The van der Waals surface area contributed by atoms with Crippen molar-refractivity contribution in [1.29, 1.82) is 0 Å². The van der Waals surface area contributed by atoms with Crippen LogP contribution in [0.1, 0.15) is 30.4 Å². The fourth-order valence-electron chi connectivity index (χ4n) is 2.64. The van der Waals surface area contributed by atoms with Gasteiger partial charge in [-0.05, 0) is 23.3 Å². The lowest BCUT2D eigenvalue weighted by atomic mass is 10.0. The summed E-state index contributed by atoms with van der Waals surface area (Å²) in [6.07, 6.45) is 6.40. The average molecular weight is 286 g/mol. The van der Waals surface area contributed by atoms with E-state index in [4.69, 9.17) is 0 Å². The molecule has 0 spiro atoms. The molecule has 0 bridgehead atoms. The van der Waals surface area contributed by atoms with Crippen molar-refractivity contribution >= 4 is 11.2 Å². The molecule has 106 valence electrons. The second-order valence-electron chi connectivity index (χ2n) is 4.83. The van der Waals surface area contributed by atoms with Gasteiger partial charge in [-0.2, -0.15) is 0 Å². The van der Waals surface area contributed by atoms with Gasteiger partial charge in [0.2, 0.25) is 0 Å². The summed E-state index contributed by atoms with van der Waals surface area (Å²) in [4.78, 5) is 12.3. The van der Waals surface area contributed by atoms with Crippen molar-refractivity contribution in [1.82, 2.24) is 19.4 Å². The van der Waals surface area contributed by atoms with Gasteiger partial charge in [-0.1, -0.05) is 6.08 Å².